The van der Waals surface area contributed by atoms with Crippen LogP contribution in [0.15, 0.2) is 23.1 Å². The summed E-state index contributed by atoms with van der Waals surface area (Å²) in [6, 6.07) is 3.44. The summed E-state index contributed by atoms with van der Waals surface area (Å²) in [7, 11) is 0. The van der Waals surface area contributed by atoms with Crippen molar-refractivity contribution in [1.29, 1.82) is 0 Å². The highest BCUT2D eigenvalue weighted by atomic mass is 32.2. The number of hydrogen-bond acceptors (Lipinski definition) is 5. The SMILES string of the molecule is NNc1ccc([N+](=O)[O-])cc1S(=O)O. The van der Waals surface area contributed by atoms with Gasteiger partial charge in [0, 0.05) is 12.1 Å². The largest absolute Gasteiger partial charge is 0.323 e. The summed E-state index contributed by atoms with van der Waals surface area (Å²) in [4.78, 5) is 9.57. The van der Waals surface area contributed by atoms with Gasteiger partial charge in [0.05, 0.1) is 15.5 Å². The number of non-ortho nitro benzene ring substituents is 1. The molecule has 1 unspecified atom stereocenters. The molecule has 0 amide bonds. The number of nitro benzene ring substituents is 1. The maximum absolute atomic E-state index is 10.7. The quantitative estimate of drug-likeness (QED) is 0.293. The van der Waals surface area contributed by atoms with Gasteiger partial charge in [-0.2, -0.15) is 0 Å². The zero-order chi connectivity index (χ0) is 10.7. The molecule has 1 atom stereocenters. The first-order chi connectivity index (χ1) is 6.56. The van der Waals surface area contributed by atoms with Crippen LogP contribution in [0.4, 0.5) is 11.4 Å². The van der Waals surface area contributed by atoms with E-state index in [1.165, 1.54) is 12.1 Å². The first-order valence-electron chi connectivity index (χ1n) is 3.42. The lowest BCUT2D eigenvalue weighted by molar-refractivity contribution is -0.385. The molecule has 0 spiro atoms. The van der Waals surface area contributed by atoms with Crippen molar-refractivity contribution in [2.45, 2.75) is 4.90 Å². The molecule has 0 radical (unpaired) electrons. The topological polar surface area (TPSA) is 118 Å². The fraction of sp³-hybridized carbons (Fsp3) is 0. The molecular formula is C6H7N3O4S. The van der Waals surface area contributed by atoms with Crippen LogP contribution >= 0.6 is 0 Å². The highest BCUT2D eigenvalue weighted by Gasteiger charge is 2.13. The Hall–Kier alpha value is -1.51. The maximum atomic E-state index is 10.7. The van der Waals surface area contributed by atoms with Crippen molar-refractivity contribution in [2.24, 2.45) is 5.84 Å². The van der Waals surface area contributed by atoms with Gasteiger partial charge in [-0.25, -0.2) is 4.21 Å². The van der Waals surface area contributed by atoms with Gasteiger partial charge in [0.15, 0.2) is 11.1 Å². The first-order valence-corrected chi connectivity index (χ1v) is 4.53. The van der Waals surface area contributed by atoms with E-state index in [2.05, 4.69) is 5.43 Å². The standard InChI is InChI=1S/C6H7N3O4S/c7-8-5-2-1-4(9(10)11)3-6(5)14(12)13/h1-3,8H,7H2,(H,12,13). The number of rotatable bonds is 3. The van der Waals surface area contributed by atoms with Crippen LogP contribution in [0.1, 0.15) is 0 Å². The normalized spacial score (nSPS) is 12.1. The highest BCUT2D eigenvalue weighted by molar-refractivity contribution is 7.79. The number of hydrogen-bond donors (Lipinski definition) is 3. The van der Waals surface area contributed by atoms with E-state index in [1.54, 1.807) is 0 Å². The van der Waals surface area contributed by atoms with Crippen LogP contribution in [-0.2, 0) is 11.1 Å². The summed E-state index contributed by atoms with van der Waals surface area (Å²) in [6.45, 7) is 0. The van der Waals surface area contributed by atoms with Crippen molar-refractivity contribution in [3.05, 3.63) is 28.3 Å². The molecular weight excluding hydrogens is 210 g/mol. The Balaban J connectivity index is 3.27. The van der Waals surface area contributed by atoms with Crippen LogP contribution in [-0.4, -0.2) is 13.7 Å². The van der Waals surface area contributed by atoms with Crippen molar-refractivity contribution in [3.63, 3.8) is 0 Å². The van der Waals surface area contributed by atoms with E-state index >= 15 is 0 Å². The van der Waals surface area contributed by atoms with Crippen LogP contribution < -0.4 is 11.3 Å². The van der Waals surface area contributed by atoms with Gasteiger partial charge in [0.25, 0.3) is 5.69 Å². The second-order valence-electron chi connectivity index (χ2n) is 2.33. The lowest BCUT2D eigenvalue weighted by Gasteiger charge is -2.04. The third-order valence-corrected chi connectivity index (χ3v) is 2.23. The minimum Gasteiger partial charge on any atom is -0.323 e. The number of nitrogens with one attached hydrogen (secondary N) is 1. The number of nitrogens with zero attached hydrogens (tertiary/aromatic N) is 1. The monoisotopic (exact) mass is 217 g/mol. The fourth-order valence-corrected chi connectivity index (χ4v) is 1.42. The predicted octanol–water partition coefficient (Wildman–Crippen LogP) is 0.461. The van der Waals surface area contributed by atoms with Crippen LogP contribution in [0.3, 0.4) is 0 Å². The second-order valence-corrected chi connectivity index (χ2v) is 3.27. The molecule has 8 heteroatoms. The molecule has 1 rings (SSSR count). The summed E-state index contributed by atoms with van der Waals surface area (Å²) >= 11 is -2.31. The van der Waals surface area contributed by atoms with E-state index in [1.807, 2.05) is 0 Å². The van der Waals surface area contributed by atoms with Gasteiger partial charge in [-0.15, -0.1) is 0 Å². The van der Waals surface area contributed by atoms with Gasteiger partial charge in [0.2, 0.25) is 0 Å². The third kappa shape index (κ3) is 2.05. The Labute approximate surface area is 81.3 Å². The number of nitrogen functional groups attached to an aromatic ring is 1. The van der Waals surface area contributed by atoms with Crippen molar-refractivity contribution < 1.29 is 13.7 Å². The average molecular weight is 217 g/mol. The Morgan fingerprint density at radius 2 is 2.21 bits per heavy atom. The van der Waals surface area contributed by atoms with Crippen LogP contribution in [0.5, 0.6) is 0 Å². The molecule has 4 N–H and O–H groups in total. The molecule has 0 fully saturated rings. The van der Waals surface area contributed by atoms with Gasteiger partial charge < -0.3 is 9.98 Å². The van der Waals surface area contributed by atoms with E-state index in [0.717, 1.165) is 6.07 Å². The number of nitro groups is 1. The Morgan fingerprint density at radius 1 is 1.57 bits per heavy atom. The third-order valence-electron chi connectivity index (χ3n) is 1.52. The Morgan fingerprint density at radius 3 is 2.64 bits per heavy atom. The smallest absolute Gasteiger partial charge is 0.270 e. The van der Waals surface area contributed by atoms with Crippen LogP contribution in [0.2, 0.25) is 0 Å². The lowest BCUT2D eigenvalue weighted by atomic mass is 10.3. The predicted molar refractivity (Wildman–Crippen MR) is 49.9 cm³/mol. The summed E-state index contributed by atoms with van der Waals surface area (Å²) in [5.41, 5.74) is 2.08. The number of benzene rings is 1. The van der Waals surface area contributed by atoms with Crippen LogP contribution in [0, 0.1) is 10.1 Å². The number of hydrazine groups is 1. The molecule has 0 saturated carbocycles. The van der Waals surface area contributed by atoms with E-state index in [-0.39, 0.29) is 16.3 Å². The van der Waals surface area contributed by atoms with E-state index in [4.69, 9.17) is 10.4 Å². The minimum absolute atomic E-state index is 0.123. The van der Waals surface area contributed by atoms with E-state index < -0.39 is 16.0 Å². The molecule has 0 heterocycles. The molecule has 0 aliphatic rings. The Bertz CT molecular complexity index is 395. The summed E-state index contributed by atoms with van der Waals surface area (Å²) in [5, 5.41) is 10.3. The summed E-state index contributed by atoms with van der Waals surface area (Å²) < 4.78 is 19.5. The van der Waals surface area contributed by atoms with Crippen molar-refractivity contribution in [3.8, 4) is 0 Å². The molecule has 76 valence electrons. The van der Waals surface area contributed by atoms with Gasteiger partial charge in [-0.3, -0.25) is 16.0 Å². The molecule has 14 heavy (non-hydrogen) atoms. The highest BCUT2D eigenvalue weighted by Crippen LogP contribution is 2.23. The molecule has 0 saturated heterocycles. The number of nitrogens with two attached hydrogens (primary N) is 1. The van der Waals surface area contributed by atoms with E-state index in [0.29, 0.717) is 0 Å². The van der Waals surface area contributed by atoms with Gasteiger partial charge in [0.1, 0.15) is 0 Å². The van der Waals surface area contributed by atoms with Gasteiger partial charge >= 0.3 is 0 Å². The zero-order valence-electron chi connectivity index (χ0n) is 6.84. The molecule has 0 aliphatic heterocycles. The summed E-state index contributed by atoms with van der Waals surface area (Å²) in [6.07, 6.45) is 0. The molecule has 0 aliphatic carbocycles. The fourth-order valence-electron chi connectivity index (χ4n) is 0.888. The van der Waals surface area contributed by atoms with Gasteiger partial charge in [-0.1, -0.05) is 0 Å². The molecule has 1 aromatic carbocycles. The van der Waals surface area contributed by atoms with Crippen LogP contribution in [0.25, 0.3) is 0 Å². The minimum atomic E-state index is -2.31. The van der Waals surface area contributed by atoms with Crippen molar-refractivity contribution >= 4 is 22.5 Å². The average Bonchev–Trinajstić information content (AvgIpc) is 2.16. The first kappa shape index (κ1) is 10.6. The Kier molecular flexibility index (Phi) is 3.12. The van der Waals surface area contributed by atoms with Gasteiger partial charge in [-0.05, 0) is 6.07 Å². The number of anilines is 1. The zero-order valence-corrected chi connectivity index (χ0v) is 7.65. The molecule has 1 aromatic rings. The maximum Gasteiger partial charge on any atom is 0.270 e. The van der Waals surface area contributed by atoms with E-state index in [9.17, 15) is 14.3 Å². The summed E-state index contributed by atoms with van der Waals surface area (Å²) in [5.74, 6) is 5.05. The molecule has 7 nitrogen and oxygen atoms in total. The second kappa shape index (κ2) is 4.13. The molecule has 0 bridgehead atoms. The molecule has 0 aromatic heterocycles. The van der Waals surface area contributed by atoms with Crippen molar-refractivity contribution in [1.82, 2.24) is 0 Å². The van der Waals surface area contributed by atoms with Crippen molar-refractivity contribution in [2.75, 3.05) is 5.43 Å². The lowest BCUT2D eigenvalue weighted by Crippen LogP contribution is -2.10.